The van der Waals surface area contributed by atoms with Gasteiger partial charge in [0.25, 0.3) is 0 Å². The zero-order chi connectivity index (χ0) is 22.8. The van der Waals surface area contributed by atoms with Crippen molar-refractivity contribution in [1.29, 1.82) is 0 Å². The van der Waals surface area contributed by atoms with Crippen molar-refractivity contribution in [1.82, 2.24) is 9.47 Å². The van der Waals surface area contributed by atoms with Crippen molar-refractivity contribution in [3.05, 3.63) is 71.0 Å². The van der Waals surface area contributed by atoms with E-state index in [0.29, 0.717) is 12.2 Å². The molecule has 0 radical (unpaired) electrons. The Labute approximate surface area is 199 Å². The van der Waals surface area contributed by atoms with Gasteiger partial charge in [0, 0.05) is 43.4 Å². The number of aryl methyl sites for hydroxylation is 1. The average Bonchev–Trinajstić information content (AvgIpc) is 3.49. The van der Waals surface area contributed by atoms with Crippen LogP contribution in [0.2, 0.25) is 0 Å². The number of phenolic OH excluding ortho intramolecular Hbond substituents is 1. The minimum absolute atomic E-state index is 0.0629. The van der Waals surface area contributed by atoms with E-state index in [9.17, 15) is 10.2 Å². The van der Waals surface area contributed by atoms with Crippen LogP contribution in [0.1, 0.15) is 47.8 Å². The molecule has 2 N–H and O–H groups in total. The molecule has 2 aromatic carbocycles. The summed E-state index contributed by atoms with van der Waals surface area (Å²) in [6.45, 7) is 2.06. The molecule has 5 nitrogen and oxygen atoms in total. The Hall–Kier alpha value is -2.76. The minimum atomic E-state index is -0.936. The number of piperidine rings is 1. The fraction of sp³-hybridized carbons (Fsp3) is 0.448. The first kappa shape index (κ1) is 19.5. The van der Waals surface area contributed by atoms with Gasteiger partial charge in [-0.25, -0.2) is 0 Å². The van der Waals surface area contributed by atoms with E-state index in [-0.39, 0.29) is 17.9 Å². The molecule has 1 spiro atoms. The second kappa shape index (κ2) is 6.27. The number of nitrogens with zero attached hydrogens (tertiary/aromatic N) is 2. The van der Waals surface area contributed by atoms with Gasteiger partial charge in [-0.3, -0.25) is 4.90 Å². The normalized spacial score (nSPS) is 32.8. The third-order valence-electron chi connectivity index (χ3n) is 9.63. The van der Waals surface area contributed by atoms with Crippen LogP contribution in [0.4, 0.5) is 0 Å². The second-order valence-electron chi connectivity index (χ2n) is 11.3. The molecule has 5 heteroatoms. The van der Waals surface area contributed by atoms with Gasteiger partial charge in [0.15, 0.2) is 17.6 Å². The van der Waals surface area contributed by atoms with Crippen LogP contribution in [-0.2, 0) is 25.3 Å². The number of hydrogen-bond acceptors (Lipinski definition) is 4. The van der Waals surface area contributed by atoms with Gasteiger partial charge in [-0.05, 0) is 60.9 Å². The standard InChI is InChI=1S/C29H30N2O3/c1-30-16-21(18-5-3-2-4-6-18)20-14-29(33)23-13-19-9-10-22(32)26-24(19)28(29,27(34-26)25(20)30)11-12-31(23)15-17-7-8-17/h2-6,9-10,16-17,23,27,32-33H,7-8,11-15H2,1H3/t23-,27-,28-,29+/m0/s1. The topological polar surface area (TPSA) is 57.9 Å². The van der Waals surface area contributed by atoms with Gasteiger partial charge in [-0.15, -0.1) is 0 Å². The molecule has 2 fully saturated rings. The van der Waals surface area contributed by atoms with Crippen LogP contribution in [-0.4, -0.2) is 44.4 Å². The van der Waals surface area contributed by atoms with Gasteiger partial charge in [0.05, 0.1) is 16.7 Å². The second-order valence-corrected chi connectivity index (χ2v) is 11.3. The number of rotatable bonds is 3. The van der Waals surface area contributed by atoms with Crippen molar-refractivity contribution >= 4 is 0 Å². The third-order valence-corrected chi connectivity index (χ3v) is 9.63. The molecule has 174 valence electrons. The Morgan fingerprint density at radius 2 is 1.94 bits per heavy atom. The largest absolute Gasteiger partial charge is 0.504 e. The van der Waals surface area contributed by atoms with Crippen LogP contribution in [0, 0.1) is 5.92 Å². The van der Waals surface area contributed by atoms with E-state index in [1.54, 1.807) is 6.07 Å². The molecule has 4 atom stereocenters. The molecule has 2 bridgehead atoms. The maximum atomic E-state index is 12.9. The van der Waals surface area contributed by atoms with Gasteiger partial charge >= 0.3 is 0 Å². The van der Waals surface area contributed by atoms with E-state index in [0.717, 1.165) is 43.1 Å². The van der Waals surface area contributed by atoms with Crippen LogP contribution >= 0.6 is 0 Å². The Balaban J connectivity index is 1.39. The predicted molar refractivity (Wildman–Crippen MR) is 129 cm³/mol. The molecule has 1 aromatic heterocycles. The molecule has 1 saturated carbocycles. The van der Waals surface area contributed by atoms with E-state index < -0.39 is 11.0 Å². The summed E-state index contributed by atoms with van der Waals surface area (Å²) in [4.78, 5) is 2.59. The summed E-state index contributed by atoms with van der Waals surface area (Å²) in [5, 5.41) is 23.8. The summed E-state index contributed by atoms with van der Waals surface area (Å²) in [7, 11) is 2.10. The van der Waals surface area contributed by atoms with Gasteiger partial charge in [0.1, 0.15) is 0 Å². The Bertz CT molecular complexity index is 1340. The van der Waals surface area contributed by atoms with Crippen molar-refractivity contribution in [2.24, 2.45) is 13.0 Å². The molecule has 1 saturated heterocycles. The van der Waals surface area contributed by atoms with Crippen LogP contribution < -0.4 is 4.74 Å². The number of likely N-dealkylation sites (tertiary alicyclic amines) is 1. The number of hydrogen-bond donors (Lipinski definition) is 2. The molecule has 3 aliphatic carbocycles. The van der Waals surface area contributed by atoms with E-state index >= 15 is 0 Å². The van der Waals surface area contributed by atoms with Crippen LogP contribution in [0.3, 0.4) is 0 Å². The number of phenols is 1. The van der Waals surface area contributed by atoms with Crippen LogP contribution in [0.15, 0.2) is 48.7 Å². The highest BCUT2D eigenvalue weighted by molar-refractivity contribution is 5.72. The van der Waals surface area contributed by atoms with E-state index in [2.05, 4.69) is 53.0 Å². The van der Waals surface area contributed by atoms with Gasteiger partial charge in [0.2, 0.25) is 0 Å². The molecule has 3 aromatic rings. The van der Waals surface area contributed by atoms with Crippen LogP contribution in [0.25, 0.3) is 11.1 Å². The Morgan fingerprint density at radius 1 is 1.12 bits per heavy atom. The van der Waals surface area contributed by atoms with E-state index in [4.69, 9.17) is 4.74 Å². The zero-order valence-corrected chi connectivity index (χ0v) is 19.5. The highest BCUT2D eigenvalue weighted by Crippen LogP contribution is 2.69. The number of aliphatic hydroxyl groups is 1. The molecule has 0 unspecified atom stereocenters. The third kappa shape index (κ3) is 2.19. The summed E-state index contributed by atoms with van der Waals surface area (Å²) < 4.78 is 8.92. The Morgan fingerprint density at radius 3 is 2.74 bits per heavy atom. The first-order chi connectivity index (χ1) is 16.5. The molecule has 34 heavy (non-hydrogen) atoms. The first-order valence-electron chi connectivity index (χ1n) is 12.7. The summed E-state index contributed by atoms with van der Waals surface area (Å²) in [6, 6.07) is 14.4. The lowest BCUT2D eigenvalue weighted by atomic mass is 9.49. The van der Waals surface area contributed by atoms with Crippen molar-refractivity contribution in [3.63, 3.8) is 0 Å². The highest BCUT2D eigenvalue weighted by Gasteiger charge is 2.73. The van der Waals surface area contributed by atoms with Gasteiger partial charge < -0.3 is 19.5 Å². The molecular weight excluding hydrogens is 424 g/mol. The minimum Gasteiger partial charge on any atom is -0.504 e. The van der Waals surface area contributed by atoms with Gasteiger partial charge in [-0.2, -0.15) is 0 Å². The van der Waals surface area contributed by atoms with E-state index in [1.165, 1.54) is 35.1 Å². The number of aromatic nitrogens is 1. The number of benzene rings is 2. The first-order valence-corrected chi connectivity index (χ1v) is 12.7. The van der Waals surface area contributed by atoms with Crippen molar-refractivity contribution in [3.8, 4) is 22.6 Å². The smallest absolute Gasteiger partial charge is 0.166 e. The highest BCUT2D eigenvalue weighted by atomic mass is 16.5. The number of aromatic hydroxyl groups is 1. The maximum Gasteiger partial charge on any atom is 0.166 e. The zero-order valence-electron chi connectivity index (χ0n) is 19.5. The number of fused-ring (bicyclic) bond motifs is 2. The Kier molecular flexibility index (Phi) is 3.60. The van der Waals surface area contributed by atoms with Gasteiger partial charge in [-0.1, -0.05) is 36.4 Å². The van der Waals surface area contributed by atoms with E-state index in [1.807, 2.05) is 6.07 Å². The summed E-state index contributed by atoms with van der Waals surface area (Å²) in [5.74, 6) is 1.58. The lowest BCUT2D eigenvalue weighted by Gasteiger charge is -2.63. The molecule has 3 heterocycles. The molecule has 0 amide bonds. The fourth-order valence-corrected chi connectivity index (χ4v) is 8.01. The fourth-order valence-electron chi connectivity index (χ4n) is 8.01. The molecule has 5 aliphatic rings. The van der Waals surface area contributed by atoms with Crippen molar-refractivity contribution in [2.75, 3.05) is 13.1 Å². The predicted octanol–water partition coefficient (Wildman–Crippen LogP) is 4.10. The summed E-state index contributed by atoms with van der Waals surface area (Å²) in [6.07, 6.45) is 6.82. The SMILES string of the molecule is Cn1cc(-c2ccccc2)c2c1[C@@H]1Oc3c(O)ccc4c3[C@@]13CCN(CC1CC1)[C@@H](C4)[C@]3(O)C2. The quantitative estimate of drug-likeness (QED) is 0.626. The number of ether oxygens (including phenoxy) is 1. The molecular formula is C29H30N2O3. The average molecular weight is 455 g/mol. The van der Waals surface area contributed by atoms with Crippen LogP contribution in [0.5, 0.6) is 11.5 Å². The van der Waals surface area contributed by atoms with Crippen molar-refractivity contribution in [2.45, 2.75) is 55.3 Å². The monoisotopic (exact) mass is 454 g/mol. The maximum absolute atomic E-state index is 12.9. The summed E-state index contributed by atoms with van der Waals surface area (Å²) >= 11 is 0. The summed E-state index contributed by atoms with van der Waals surface area (Å²) in [5.41, 5.74) is 5.58. The lowest BCUT2D eigenvalue weighted by Crippen LogP contribution is -2.74. The lowest BCUT2D eigenvalue weighted by molar-refractivity contribution is -0.173. The molecule has 2 aliphatic heterocycles. The molecule has 8 rings (SSSR count). The van der Waals surface area contributed by atoms with Crippen molar-refractivity contribution < 1.29 is 14.9 Å².